The molecule has 0 atom stereocenters. The first kappa shape index (κ1) is 82.7. The standard InChI is InChI=1S/C37H25N.C37H27N.2C31H21N/c1-2-11-25(12-3-1)26-21-23-27(24-22-26)38-35-20-10-19-34-36(35)30-15-6-9-18-33(30)37(34)31-16-7-4-13-28(31)29-14-5-8-17-32(29)37;1-5-15-27(16-6-1)28-25-34-36(35(26-28)38-31-21-11-4-12-22-31)32-23-13-14-24-33(32)37(34,29-17-7-2-8-18-29)30-19-9-3-10-20-30;1-2-11-21(12-3-1)32-29-20-10-19-28-30(29)24-15-6-9-18-27(24)31(28)25-16-7-4-13-22(25)23-14-5-8-17-26(23)31;1-2-10-21(11-3-1)32-22-18-19-30-26(20-22)25-14-6-9-17-29(25)31(30)27-15-7-4-12-23(27)24-13-5-8-16-28(24)31/h1-24,38H;1-26,38H;2*1-20,32H. The molecule has 0 aromatic heterocycles. The quantitative estimate of drug-likeness (QED) is 0.0985. The van der Waals surface area contributed by atoms with E-state index >= 15 is 0 Å². The van der Waals surface area contributed by atoms with Crippen molar-refractivity contribution in [3.05, 3.63) is 635 Å². The van der Waals surface area contributed by atoms with Crippen LogP contribution in [0, 0.1) is 0 Å². The first-order chi connectivity index (χ1) is 69.5. The molecule has 0 unspecified atom stereocenters. The third-order valence-electron chi connectivity index (χ3n) is 30.1. The van der Waals surface area contributed by atoms with E-state index in [1.807, 2.05) is 6.07 Å². The van der Waals surface area contributed by atoms with Gasteiger partial charge < -0.3 is 21.3 Å². The van der Waals surface area contributed by atoms with Crippen LogP contribution in [0.25, 0.3) is 100 Å². The average molecular weight is 1780 g/mol. The largest absolute Gasteiger partial charge is 0.356 e. The fraction of sp³-hybridized carbons (Fsp3) is 0.0294. The molecule has 0 bridgehead atoms. The van der Waals surface area contributed by atoms with E-state index < -0.39 is 5.41 Å². The van der Waals surface area contributed by atoms with Gasteiger partial charge in [-0.1, -0.05) is 461 Å². The highest BCUT2D eigenvalue weighted by Crippen LogP contribution is 2.68. The maximum absolute atomic E-state index is 3.80. The zero-order chi connectivity index (χ0) is 92.7. The second kappa shape index (κ2) is 34.1. The van der Waals surface area contributed by atoms with E-state index in [1.165, 1.54) is 189 Å². The van der Waals surface area contributed by atoms with Crippen LogP contribution in [0.3, 0.4) is 0 Å². The maximum Gasteiger partial charge on any atom is 0.0726 e. The lowest BCUT2D eigenvalue weighted by molar-refractivity contribution is 0.769. The molecule has 0 heterocycles. The summed E-state index contributed by atoms with van der Waals surface area (Å²) in [5, 5.41) is 14.9. The molecule has 0 saturated carbocycles. The zero-order valence-corrected chi connectivity index (χ0v) is 77.0. The van der Waals surface area contributed by atoms with Crippen LogP contribution < -0.4 is 21.3 Å². The minimum absolute atomic E-state index is 0.260. The van der Waals surface area contributed by atoms with Gasteiger partial charge in [0, 0.05) is 62.2 Å². The number of hydrogen-bond acceptors (Lipinski definition) is 4. The molecule has 0 aliphatic heterocycles. The molecule has 0 radical (unpaired) electrons. The summed E-state index contributed by atoms with van der Waals surface area (Å²) in [6, 6.07) is 198. The highest BCUT2D eigenvalue weighted by Gasteiger charge is 2.56. The summed E-state index contributed by atoms with van der Waals surface area (Å²) in [5.41, 5.74) is 52.5. The summed E-state index contributed by atoms with van der Waals surface area (Å²) in [6.07, 6.45) is 0. The Balaban J connectivity index is 0.0000000963. The Labute approximate surface area is 817 Å². The number of anilines is 8. The van der Waals surface area contributed by atoms with Gasteiger partial charge in [-0.3, -0.25) is 0 Å². The van der Waals surface area contributed by atoms with E-state index in [2.05, 4.69) is 561 Å². The highest BCUT2D eigenvalue weighted by atomic mass is 14.9. The predicted octanol–water partition coefficient (Wildman–Crippen LogP) is 34.4. The smallest absolute Gasteiger partial charge is 0.0726 e. The molecule has 4 heteroatoms. The van der Waals surface area contributed by atoms with Gasteiger partial charge in [-0.05, 0) is 257 Å². The van der Waals surface area contributed by atoms with Gasteiger partial charge >= 0.3 is 0 Å². The fourth-order valence-electron chi connectivity index (χ4n) is 24.7. The van der Waals surface area contributed by atoms with Crippen molar-refractivity contribution >= 4 is 45.5 Å². The van der Waals surface area contributed by atoms with Gasteiger partial charge in [0.15, 0.2) is 0 Å². The van der Waals surface area contributed by atoms with E-state index in [0.29, 0.717) is 0 Å². The zero-order valence-electron chi connectivity index (χ0n) is 77.0. The van der Waals surface area contributed by atoms with Gasteiger partial charge in [-0.15, -0.1) is 0 Å². The van der Waals surface area contributed by atoms with Crippen molar-refractivity contribution in [3.8, 4) is 100 Å². The SMILES string of the molecule is c1ccc(-c2ccc(Nc3cccc4c3-c3ccccc3C43c4ccccc4-c4ccccc43)cc2)cc1.c1ccc(Nc2cc(-c3ccccc3)cc3c2-c2ccccc2C3(c2ccccc2)c2ccccc2)cc1.c1ccc(Nc2ccc3c(c2)-c2ccccc2C32c3ccccc3-c3ccccc32)cc1.c1ccc(Nc2cccc3c2-c2ccccc2C32c3ccccc3-c3ccccc32)cc1. The van der Waals surface area contributed by atoms with E-state index in [0.717, 1.165) is 45.5 Å². The number of benzene rings is 22. The fourth-order valence-corrected chi connectivity index (χ4v) is 24.7. The molecule has 658 valence electrons. The summed E-state index contributed by atoms with van der Waals surface area (Å²) in [6.45, 7) is 0. The predicted molar refractivity (Wildman–Crippen MR) is 582 cm³/mol. The first-order valence-electron chi connectivity index (χ1n) is 48.6. The van der Waals surface area contributed by atoms with E-state index in [-0.39, 0.29) is 16.2 Å². The Kier molecular flexibility index (Phi) is 20.2. The van der Waals surface area contributed by atoms with Crippen LogP contribution in [0.5, 0.6) is 0 Å². The van der Waals surface area contributed by atoms with Crippen molar-refractivity contribution in [2.75, 3.05) is 21.3 Å². The van der Waals surface area contributed by atoms with E-state index in [1.54, 1.807) is 0 Å². The molecule has 7 aliphatic carbocycles. The topological polar surface area (TPSA) is 48.1 Å². The van der Waals surface area contributed by atoms with Crippen LogP contribution in [0.2, 0.25) is 0 Å². The molecule has 0 fully saturated rings. The Morgan fingerprint density at radius 3 is 0.714 bits per heavy atom. The van der Waals surface area contributed by atoms with Crippen LogP contribution in [0.15, 0.2) is 546 Å². The summed E-state index contributed by atoms with van der Waals surface area (Å²) < 4.78 is 0. The summed E-state index contributed by atoms with van der Waals surface area (Å²) in [7, 11) is 0. The molecule has 29 rings (SSSR count). The van der Waals surface area contributed by atoms with E-state index in [9.17, 15) is 0 Å². The summed E-state index contributed by atoms with van der Waals surface area (Å²) in [4.78, 5) is 0. The second-order valence-corrected chi connectivity index (χ2v) is 37.3. The van der Waals surface area contributed by atoms with Gasteiger partial charge in [0.25, 0.3) is 0 Å². The Hall–Kier alpha value is -18.0. The Bertz CT molecular complexity index is 8350. The van der Waals surface area contributed by atoms with Crippen LogP contribution in [0.4, 0.5) is 45.5 Å². The Morgan fingerprint density at radius 1 is 0.114 bits per heavy atom. The van der Waals surface area contributed by atoms with Crippen molar-refractivity contribution in [2.45, 2.75) is 21.7 Å². The first-order valence-corrected chi connectivity index (χ1v) is 48.6. The van der Waals surface area contributed by atoms with Gasteiger partial charge in [-0.25, -0.2) is 0 Å². The number of nitrogens with one attached hydrogen (secondary N) is 4. The molecular formula is C136H94N4. The monoisotopic (exact) mass is 1780 g/mol. The van der Waals surface area contributed by atoms with Crippen LogP contribution in [-0.2, 0) is 21.7 Å². The van der Waals surface area contributed by atoms with Crippen LogP contribution in [-0.4, -0.2) is 0 Å². The number of fused-ring (bicyclic) bond motifs is 33. The van der Waals surface area contributed by atoms with Crippen molar-refractivity contribution in [3.63, 3.8) is 0 Å². The number of hydrogen-bond donors (Lipinski definition) is 4. The number of rotatable bonds is 12. The number of para-hydroxylation sites is 3. The van der Waals surface area contributed by atoms with Crippen LogP contribution in [0.1, 0.15) is 89.0 Å². The molecule has 7 aliphatic rings. The van der Waals surface area contributed by atoms with Gasteiger partial charge in [0.05, 0.1) is 21.7 Å². The Morgan fingerprint density at radius 2 is 0.350 bits per heavy atom. The van der Waals surface area contributed by atoms with Crippen molar-refractivity contribution in [1.29, 1.82) is 0 Å². The van der Waals surface area contributed by atoms with Gasteiger partial charge in [0.1, 0.15) is 0 Å². The minimum Gasteiger partial charge on any atom is -0.356 e. The maximum atomic E-state index is 3.80. The van der Waals surface area contributed by atoms with Crippen molar-refractivity contribution in [2.24, 2.45) is 0 Å². The van der Waals surface area contributed by atoms with Crippen LogP contribution >= 0.6 is 0 Å². The minimum atomic E-state index is -0.438. The molecule has 22 aromatic carbocycles. The molecule has 0 saturated heterocycles. The lowest BCUT2D eigenvalue weighted by Crippen LogP contribution is -2.28. The molecule has 4 N–H and O–H groups in total. The highest BCUT2D eigenvalue weighted by molar-refractivity contribution is 6.04. The molecule has 3 spiro atoms. The van der Waals surface area contributed by atoms with E-state index in [4.69, 9.17) is 0 Å². The average Bonchev–Trinajstić information content (AvgIpc) is 1.51. The lowest BCUT2D eigenvalue weighted by atomic mass is 9.67. The third kappa shape index (κ3) is 12.9. The molecular weight excluding hydrogens is 1690 g/mol. The van der Waals surface area contributed by atoms with Gasteiger partial charge in [-0.2, -0.15) is 0 Å². The summed E-state index contributed by atoms with van der Waals surface area (Å²) in [5.74, 6) is 0. The lowest BCUT2D eigenvalue weighted by Gasteiger charge is -2.34. The summed E-state index contributed by atoms with van der Waals surface area (Å²) >= 11 is 0. The molecule has 22 aromatic rings. The second-order valence-electron chi connectivity index (χ2n) is 37.3. The van der Waals surface area contributed by atoms with Crippen molar-refractivity contribution in [1.82, 2.24) is 0 Å². The molecule has 4 nitrogen and oxygen atoms in total. The third-order valence-corrected chi connectivity index (χ3v) is 30.1. The molecule has 140 heavy (non-hydrogen) atoms. The van der Waals surface area contributed by atoms with Crippen molar-refractivity contribution < 1.29 is 0 Å². The normalized spacial score (nSPS) is 13.5. The molecule has 0 amide bonds. The van der Waals surface area contributed by atoms with Gasteiger partial charge in [0.2, 0.25) is 0 Å².